The van der Waals surface area contributed by atoms with Crippen molar-refractivity contribution in [3.63, 3.8) is 0 Å². The Morgan fingerprint density at radius 1 is 1.50 bits per heavy atom. The smallest absolute Gasteiger partial charge is 0.185 e. The van der Waals surface area contributed by atoms with E-state index in [0.29, 0.717) is 0 Å². The topological polar surface area (TPSA) is 3.88 Å². The maximum atomic E-state index is 3.75. The first-order valence-corrected chi connectivity index (χ1v) is 4.02. The van der Waals surface area contributed by atoms with E-state index in [-0.39, 0.29) is 0 Å². The predicted molar refractivity (Wildman–Crippen MR) is 51.7 cm³/mol. The van der Waals surface area contributed by atoms with Crippen LogP contribution in [0.1, 0.15) is 11.3 Å². The van der Waals surface area contributed by atoms with Crippen molar-refractivity contribution in [1.29, 1.82) is 0 Å². The van der Waals surface area contributed by atoms with Crippen LogP contribution in [0, 0.1) is 6.92 Å². The lowest BCUT2D eigenvalue weighted by molar-refractivity contribution is -0.693. The lowest BCUT2D eigenvalue weighted by Crippen LogP contribution is -2.36. The van der Waals surface area contributed by atoms with Crippen LogP contribution in [-0.4, -0.2) is 0 Å². The van der Waals surface area contributed by atoms with E-state index < -0.39 is 0 Å². The molecular weight excluding hydrogens is 146 g/mol. The Kier molecular flexibility index (Phi) is 2.81. The predicted octanol–water partition coefficient (Wildman–Crippen LogP) is 2.11. The van der Waals surface area contributed by atoms with Gasteiger partial charge in [0.15, 0.2) is 18.4 Å². The highest BCUT2D eigenvalue weighted by molar-refractivity contribution is 5.47. The van der Waals surface area contributed by atoms with Gasteiger partial charge in [0.25, 0.3) is 0 Å². The van der Waals surface area contributed by atoms with Gasteiger partial charge >= 0.3 is 0 Å². The highest BCUT2D eigenvalue weighted by Gasteiger charge is 2.05. The molecule has 0 saturated carbocycles. The molecule has 1 aromatic rings. The van der Waals surface area contributed by atoms with Gasteiger partial charge in [0.1, 0.15) is 0 Å². The molecule has 1 heterocycles. The van der Waals surface area contributed by atoms with Gasteiger partial charge in [-0.15, -0.1) is 0 Å². The van der Waals surface area contributed by atoms with Gasteiger partial charge < -0.3 is 0 Å². The molecule has 1 aromatic heterocycles. The fraction of sp³-hybridized carbons (Fsp3) is 0.182. The molecule has 0 amide bonds. The summed E-state index contributed by atoms with van der Waals surface area (Å²) in [6, 6.07) is 4.08. The van der Waals surface area contributed by atoms with E-state index in [9.17, 15) is 0 Å². The molecule has 0 bridgehead atoms. The van der Waals surface area contributed by atoms with Gasteiger partial charge in [-0.1, -0.05) is 19.2 Å². The molecule has 0 saturated heterocycles. The van der Waals surface area contributed by atoms with Gasteiger partial charge in [-0.3, -0.25) is 0 Å². The second kappa shape index (κ2) is 3.86. The van der Waals surface area contributed by atoms with Crippen molar-refractivity contribution in [1.82, 2.24) is 0 Å². The van der Waals surface area contributed by atoms with Crippen molar-refractivity contribution in [3.8, 4) is 0 Å². The Morgan fingerprint density at radius 3 is 2.83 bits per heavy atom. The van der Waals surface area contributed by atoms with E-state index in [1.165, 1.54) is 11.3 Å². The van der Waals surface area contributed by atoms with E-state index >= 15 is 0 Å². The summed E-state index contributed by atoms with van der Waals surface area (Å²) in [7, 11) is 0. The third-order valence-electron chi connectivity index (χ3n) is 1.94. The van der Waals surface area contributed by atoms with Crippen LogP contribution in [0.4, 0.5) is 0 Å². The highest BCUT2D eigenvalue weighted by atomic mass is 14.9. The SMILES string of the molecule is C=CC[n+]1cccc(C=C)c1C. The van der Waals surface area contributed by atoms with Gasteiger partial charge in [-0.25, -0.2) is 0 Å². The quantitative estimate of drug-likeness (QED) is 0.471. The largest absolute Gasteiger partial charge is 0.198 e. The molecule has 0 unspecified atom stereocenters. The van der Waals surface area contributed by atoms with Crippen molar-refractivity contribution in [3.05, 3.63) is 48.8 Å². The first-order chi connectivity index (χ1) is 5.79. The molecule has 0 radical (unpaired) electrons. The van der Waals surface area contributed by atoms with Crippen LogP contribution in [0.25, 0.3) is 6.08 Å². The van der Waals surface area contributed by atoms with Gasteiger partial charge in [0.05, 0.1) is 0 Å². The minimum absolute atomic E-state index is 0.855. The first-order valence-electron chi connectivity index (χ1n) is 4.02. The summed E-state index contributed by atoms with van der Waals surface area (Å²) in [6.45, 7) is 10.4. The molecule has 0 fully saturated rings. The summed E-state index contributed by atoms with van der Waals surface area (Å²) in [5, 5.41) is 0. The zero-order valence-electron chi connectivity index (χ0n) is 7.46. The van der Waals surface area contributed by atoms with E-state index in [2.05, 4.69) is 30.7 Å². The van der Waals surface area contributed by atoms with Gasteiger partial charge in [0.2, 0.25) is 0 Å². The lowest BCUT2D eigenvalue weighted by Gasteiger charge is -1.99. The molecule has 0 aromatic carbocycles. The molecule has 0 N–H and O–H groups in total. The summed E-state index contributed by atoms with van der Waals surface area (Å²) in [5.74, 6) is 0. The third kappa shape index (κ3) is 1.62. The van der Waals surface area contributed by atoms with Crippen molar-refractivity contribution in [2.24, 2.45) is 0 Å². The zero-order valence-corrected chi connectivity index (χ0v) is 7.46. The molecule has 62 valence electrons. The van der Waals surface area contributed by atoms with E-state index in [0.717, 1.165) is 6.54 Å². The molecule has 0 aliphatic carbocycles. The number of hydrogen-bond acceptors (Lipinski definition) is 0. The Bertz CT molecular complexity index is 300. The first kappa shape index (κ1) is 8.72. The molecule has 0 atom stereocenters. The van der Waals surface area contributed by atoms with Crippen LogP contribution in [0.3, 0.4) is 0 Å². The number of hydrogen-bond donors (Lipinski definition) is 0. The normalized spacial score (nSPS) is 9.42. The van der Waals surface area contributed by atoms with Crippen LogP contribution >= 0.6 is 0 Å². The fourth-order valence-electron chi connectivity index (χ4n) is 1.20. The second-order valence-electron chi connectivity index (χ2n) is 2.69. The van der Waals surface area contributed by atoms with E-state index in [1.54, 1.807) is 0 Å². The summed E-state index contributed by atoms with van der Waals surface area (Å²) in [5.41, 5.74) is 2.41. The van der Waals surface area contributed by atoms with Gasteiger partial charge in [-0.2, -0.15) is 4.57 Å². The maximum Gasteiger partial charge on any atom is 0.185 e. The zero-order chi connectivity index (χ0) is 8.97. The van der Waals surface area contributed by atoms with Crippen molar-refractivity contribution >= 4 is 6.08 Å². The van der Waals surface area contributed by atoms with Gasteiger partial charge in [-0.05, 0) is 12.1 Å². The Morgan fingerprint density at radius 2 is 2.25 bits per heavy atom. The van der Waals surface area contributed by atoms with E-state index in [4.69, 9.17) is 0 Å². The summed E-state index contributed by atoms with van der Waals surface area (Å²) >= 11 is 0. The molecule has 1 rings (SSSR count). The molecule has 1 heteroatoms. The number of allylic oxidation sites excluding steroid dienone is 1. The minimum atomic E-state index is 0.855. The lowest BCUT2D eigenvalue weighted by atomic mass is 10.2. The molecule has 12 heavy (non-hydrogen) atoms. The molecule has 1 nitrogen and oxygen atoms in total. The van der Waals surface area contributed by atoms with Crippen LogP contribution < -0.4 is 4.57 Å². The van der Waals surface area contributed by atoms with Crippen molar-refractivity contribution in [2.75, 3.05) is 0 Å². The number of aromatic nitrogens is 1. The van der Waals surface area contributed by atoms with Crippen molar-refractivity contribution in [2.45, 2.75) is 13.5 Å². The average Bonchev–Trinajstić information content (AvgIpc) is 2.09. The van der Waals surface area contributed by atoms with Crippen LogP contribution in [-0.2, 0) is 6.54 Å². The number of rotatable bonds is 3. The van der Waals surface area contributed by atoms with Gasteiger partial charge in [0, 0.05) is 18.6 Å². The summed E-state index contributed by atoms with van der Waals surface area (Å²) in [4.78, 5) is 0. The van der Waals surface area contributed by atoms with Crippen molar-refractivity contribution < 1.29 is 4.57 Å². The van der Waals surface area contributed by atoms with E-state index in [1.807, 2.05) is 24.4 Å². The highest BCUT2D eigenvalue weighted by Crippen LogP contribution is 2.02. The monoisotopic (exact) mass is 160 g/mol. The molecular formula is C11H14N+. The standard InChI is InChI=1S/C11H14N/c1-4-8-12-9-6-7-11(5-2)10(12)3/h4-7,9H,1-2,8H2,3H3/q+1. The molecule has 0 aliphatic rings. The third-order valence-corrected chi connectivity index (χ3v) is 1.94. The number of nitrogens with zero attached hydrogens (tertiary/aromatic N) is 1. The van der Waals surface area contributed by atoms with Crippen LogP contribution in [0.2, 0.25) is 0 Å². The summed E-state index contributed by atoms with van der Waals surface area (Å²) < 4.78 is 2.14. The second-order valence-corrected chi connectivity index (χ2v) is 2.69. The van der Waals surface area contributed by atoms with Crippen LogP contribution in [0.5, 0.6) is 0 Å². The van der Waals surface area contributed by atoms with Crippen LogP contribution in [0.15, 0.2) is 37.6 Å². The average molecular weight is 160 g/mol. The fourth-order valence-corrected chi connectivity index (χ4v) is 1.20. The Balaban J connectivity index is 3.12. The Hall–Kier alpha value is -1.37. The summed E-state index contributed by atoms with van der Waals surface area (Å²) in [6.07, 6.45) is 5.80. The molecule has 0 aliphatic heterocycles. The maximum absolute atomic E-state index is 3.75. The number of pyridine rings is 1. The minimum Gasteiger partial charge on any atom is -0.198 e. The Labute approximate surface area is 73.7 Å². The molecule has 0 spiro atoms.